The molecule has 1 heterocycles. The number of hydrogen-bond donors (Lipinski definition) is 1. The molecule has 1 aromatic rings. The van der Waals surface area contributed by atoms with Crippen LogP contribution in [0, 0.1) is 58.2 Å². The highest BCUT2D eigenvalue weighted by atomic mass is 16.4. The summed E-state index contributed by atoms with van der Waals surface area (Å²) in [7, 11) is 0. The Morgan fingerprint density at radius 1 is 0.973 bits per heavy atom. The van der Waals surface area contributed by atoms with Crippen LogP contribution < -0.4 is 0 Å². The summed E-state index contributed by atoms with van der Waals surface area (Å²) in [5.74, 6) is 2.66. The average molecular weight is 505 g/mol. The molecule has 0 spiro atoms. The first-order valence-corrected chi connectivity index (χ1v) is 14.9. The second kappa shape index (κ2) is 7.69. The molecule has 1 aromatic heterocycles. The third-order valence-electron chi connectivity index (χ3n) is 13.8. The van der Waals surface area contributed by atoms with Gasteiger partial charge in [-0.05, 0) is 123 Å². The first-order valence-electron chi connectivity index (χ1n) is 14.9. The molecule has 0 amide bonds. The Hall–Kier alpha value is -1.71. The van der Waals surface area contributed by atoms with Gasteiger partial charge in [-0.1, -0.05) is 46.8 Å². The monoisotopic (exact) mass is 504 g/mol. The van der Waals surface area contributed by atoms with Crippen LogP contribution in [0.4, 0.5) is 0 Å². The number of nitrogens with zero attached hydrogens (tertiary/aromatic N) is 2. The summed E-state index contributed by atoms with van der Waals surface area (Å²) in [5.41, 5.74) is 3.94. The Bertz CT molecular complexity index is 1170. The predicted molar refractivity (Wildman–Crippen MR) is 147 cm³/mol. The molecule has 5 aliphatic rings. The van der Waals surface area contributed by atoms with Gasteiger partial charge in [0.25, 0.3) is 0 Å². The lowest BCUT2D eigenvalue weighted by Gasteiger charge is -2.72. The van der Waals surface area contributed by atoms with Crippen molar-refractivity contribution in [3.63, 3.8) is 0 Å². The number of carboxylic acids is 1. The normalized spacial score (nSPS) is 47.6. The standard InChI is InChI=1S/C33H48N2O2/c1-19(2)22-11-14-33(28(36)37)16-15-31(7)23(26(22)33)9-10-25-30(6)17-21-18-34-20(3)35-27(21)29(4,5)24(30)12-13-32(25,31)8/h18,22-26H,1,9-17H2,2-8H3,(H,36,37)/t22-,23?,24?,25?,26?,30-,31+,32+,33-/m0/s1. The molecule has 4 saturated carbocycles. The molecular weight excluding hydrogens is 456 g/mol. The van der Waals surface area contributed by atoms with Crippen LogP contribution >= 0.6 is 0 Å². The van der Waals surface area contributed by atoms with Gasteiger partial charge in [-0.25, -0.2) is 9.97 Å². The molecule has 1 N–H and O–H groups in total. The van der Waals surface area contributed by atoms with Crippen LogP contribution in [0.1, 0.15) is 110 Å². The lowest BCUT2D eigenvalue weighted by atomic mass is 9.32. The molecule has 202 valence electrons. The minimum Gasteiger partial charge on any atom is -0.481 e. The lowest BCUT2D eigenvalue weighted by Crippen LogP contribution is -2.67. The predicted octanol–water partition coefficient (Wildman–Crippen LogP) is 7.54. The molecule has 0 aliphatic heterocycles. The van der Waals surface area contributed by atoms with Crippen molar-refractivity contribution in [3.8, 4) is 0 Å². The number of carbonyl (C=O) groups is 1. The van der Waals surface area contributed by atoms with Crippen molar-refractivity contribution in [1.82, 2.24) is 9.97 Å². The van der Waals surface area contributed by atoms with Gasteiger partial charge in [-0.15, -0.1) is 0 Å². The molecule has 5 aliphatic carbocycles. The highest BCUT2D eigenvalue weighted by Crippen LogP contribution is 2.77. The Kier molecular flexibility index (Phi) is 5.31. The summed E-state index contributed by atoms with van der Waals surface area (Å²) >= 11 is 0. The number of carboxylic acid groups (broad SMARTS) is 1. The summed E-state index contributed by atoms with van der Waals surface area (Å²) in [5, 5.41) is 10.6. The maximum absolute atomic E-state index is 12.9. The highest BCUT2D eigenvalue weighted by Gasteiger charge is 2.72. The molecular formula is C33H48N2O2. The molecule has 4 heteroatoms. The van der Waals surface area contributed by atoms with Crippen molar-refractivity contribution < 1.29 is 9.90 Å². The summed E-state index contributed by atoms with van der Waals surface area (Å²) in [6.45, 7) is 21.2. The van der Waals surface area contributed by atoms with E-state index < -0.39 is 11.4 Å². The molecule has 6 rings (SSSR count). The van der Waals surface area contributed by atoms with E-state index in [1.54, 1.807) is 0 Å². The van der Waals surface area contributed by atoms with Gasteiger partial charge >= 0.3 is 5.97 Å². The Labute approximate surface area is 224 Å². The minimum absolute atomic E-state index is 0.0383. The van der Waals surface area contributed by atoms with E-state index in [2.05, 4.69) is 59.3 Å². The van der Waals surface area contributed by atoms with Crippen molar-refractivity contribution in [3.05, 3.63) is 35.4 Å². The van der Waals surface area contributed by atoms with Gasteiger partial charge in [0.05, 0.1) is 11.1 Å². The van der Waals surface area contributed by atoms with Gasteiger partial charge < -0.3 is 5.11 Å². The number of aliphatic carboxylic acids is 1. The van der Waals surface area contributed by atoms with E-state index in [1.807, 2.05) is 6.92 Å². The second-order valence-electron chi connectivity index (χ2n) is 15.3. The number of rotatable bonds is 2. The van der Waals surface area contributed by atoms with E-state index in [0.29, 0.717) is 23.7 Å². The van der Waals surface area contributed by atoms with Crippen LogP contribution in [0.3, 0.4) is 0 Å². The molecule has 4 nitrogen and oxygen atoms in total. The lowest BCUT2D eigenvalue weighted by molar-refractivity contribution is -0.228. The Morgan fingerprint density at radius 3 is 2.38 bits per heavy atom. The zero-order valence-corrected chi connectivity index (χ0v) is 24.3. The number of hydrogen-bond acceptors (Lipinski definition) is 3. The third-order valence-corrected chi connectivity index (χ3v) is 13.8. The van der Waals surface area contributed by atoms with Crippen LogP contribution in [-0.4, -0.2) is 21.0 Å². The number of allylic oxidation sites excluding steroid dienone is 1. The van der Waals surface area contributed by atoms with E-state index in [1.165, 1.54) is 42.5 Å². The van der Waals surface area contributed by atoms with Crippen molar-refractivity contribution in [2.75, 3.05) is 0 Å². The highest BCUT2D eigenvalue weighted by molar-refractivity contribution is 5.76. The van der Waals surface area contributed by atoms with Gasteiger partial charge in [0.15, 0.2) is 0 Å². The van der Waals surface area contributed by atoms with E-state index in [4.69, 9.17) is 4.98 Å². The molecule has 37 heavy (non-hydrogen) atoms. The van der Waals surface area contributed by atoms with E-state index in [0.717, 1.165) is 37.9 Å². The number of aromatic nitrogens is 2. The number of aryl methyl sites for hydroxylation is 1. The second-order valence-corrected chi connectivity index (χ2v) is 15.3. The zero-order valence-electron chi connectivity index (χ0n) is 24.3. The Morgan fingerprint density at radius 2 is 1.70 bits per heavy atom. The molecule has 4 unspecified atom stereocenters. The summed E-state index contributed by atoms with van der Waals surface area (Å²) in [6, 6.07) is 0. The SMILES string of the molecule is C=C(C)[C@@H]1CC[C@]2(C(=O)O)CC[C@]3(C)C(CCC4[C@@]5(C)Cc6cnc(C)nc6C(C)(C)C5CC[C@]43C)C12. The van der Waals surface area contributed by atoms with Gasteiger partial charge in [-0.2, -0.15) is 0 Å². The van der Waals surface area contributed by atoms with Crippen molar-refractivity contribution >= 4 is 5.97 Å². The van der Waals surface area contributed by atoms with Gasteiger partial charge in [-0.3, -0.25) is 4.79 Å². The first-order chi connectivity index (χ1) is 17.2. The molecule has 9 atom stereocenters. The largest absolute Gasteiger partial charge is 0.481 e. The van der Waals surface area contributed by atoms with Gasteiger partial charge in [0.1, 0.15) is 5.82 Å². The van der Waals surface area contributed by atoms with Crippen LogP contribution in [-0.2, 0) is 16.6 Å². The molecule has 0 aromatic carbocycles. The van der Waals surface area contributed by atoms with E-state index in [-0.39, 0.29) is 27.6 Å². The molecule has 4 fully saturated rings. The zero-order chi connectivity index (χ0) is 26.8. The van der Waals surface area contributed by atoms with Crippen LogP contribution in [0.5, 0.6) is 0 Å². The quantitative estimate of drug-likeness (QED) is 0.423. The first kappa shape index (κ1) is 25.6. The van der Waals surface area contributed by atoms with Crippen LogP contribution in [0.2, 0.25) is 0 Å². The van der Waals surface area contributed by atoms with Crippen LogP contribution in [0.15, 0.2) is 18.3 Å². The maximum Gasteiger partial charge on any atom is 0.309 e. The fourth-order valence-corrected chi connectivity index (χ4v) is 12.1. The summed E-state index contributed by atoms with van der Waals surface area (Å²) in [4.78, 5) is 22.5. The van der Waals surface area contributed by atoms with Crippen LogP contribution in [0.25, 0.3) is 0 Å². The van der Waals surface area contributed by atoms with Crippen molar-refractivity contribution in [2.24, 2.45) is 51.2 Å². The van der Waals surface area contributed by atoms with Crippen molar-refractivity contribution in [2.45, 2.75) is 112 Å². The fraction of sp³-hybridized carbons (Fsp3) is 0.788. The van der Waals surface area contributed by atoms with E-state index >= 15 is 0 Å². The smallest absolute Gasteiger partial charge is 0.309 e. The average Bonchev–Trinajstić information content (AvgIpc) is 3.21. The van der Waals surface area contributed by atoms with Gasteiger partial charge in [0, 0.05) is 11.6 Å². The van der Waals surface area contributed by atoms with Gasteiger partial charge in [0.2, 0.25) is 0 Å². The fourth-order valence-electron chi connectivity index (χ4n) is 12.1. The van der Waals surface area contributed by atoms with E-state index in [9.17, 15) is 9.90 Å². The topological polar surface area (TPSA) is 63.1 Å². The Balaban J connectivity index is 1.44. The van der Waals surface area contributed by atoms with Crippen molar-refractivity contribution in [1.29, 1.82) is 0 Å². The molecule has 0 bridgehead atoms. The number of fused-ring (bicyclic) bond motifs is 8. The summed E-state index contributed by atoms with van der Waals surface area (Å²) in [6.07, 6.45) is 11.8. The molecule has 0 radical (unpaired) electrons. The summed E-state index contributed by atoms with van der Waals surface area (Å²) < 4.78 is 0. The third kappa shape index (κ3) is 2.99. The molecule has 0 saturated heterocycles. The maximum atomic E-state index is 12.9. The minimum atomic E-state index is -0.543.